The van der Waals surface area contributed by atoms with Gasteiger partial charge in [0, 0.05) is 28.1 Å². The number of thiazole rings is 1. The maximum atomic E-state index is 12.2. The Morgan fingerprint density at radius 2 is 1.87 bits per heavy atom. The number of carbonyl (C=O) groups is 2. The Morgan fingerprint density at radius 3 is 2.53 bits per heavy atom. The van der Waals surface area contributed by atoms with Crippen molar-refractivity contribution in [1.82, 2.24) is 10.3 Å². The van der Waals surface area contributed by atoms with E-state index < -0.39 is 16.7 Å². The maximum absolute atomic E-state index is 12.2. The second kappa shape index (κ2) is 8.83. The standard InChI is InChI=1S/C21H20N4O4S/c1-12-4-6-16(13(2)8-12)17-11-30-21(23-17)24-19(26)10-22-20(27)15-5-7-18(25(28)29)14(3)9-15/h4-9,11H,10H2,1-3H3,(H,22,27)(H,23,24,26). The SMILES string of the molecule is Cc1ccc(-c2csc(NC(=O)CNC(=O)c3ccc([N+](=O)[O-])c(C)c3)n2)c(C)c1. The van der Waals surface area contributed by atoms with Crippen LogP contribution in [0.2, 0.25) is 0 Å². The predicted octanol–water partition coefficient (Wildman–Crippen LogP) is 4.01. The molecule has 0 saturated heterocycles. The summed E-state index contributed by atoms with van der Waals surface area (Å²) in [6, 6.07) is 10.1. The highest BCUT2D eigenvalue weighted by Crippen LogP contribution is 2.28. The first-order valence-corrected chi connectivity index (χ1v) is 9.99. The van der Waals surface area contributed by atoms with Gasteiger partial charge in [0.15, 0.2) is 5.13 Å². The van der Waals surface area contributed by atoms with Gasteiger partial charge in [-0.3, -0.25) is 19.7 Å². The molecule has 3 aromatic rings. The van der Waals surface area contributed by atoms with E-state index in [1.54, 1.807) is 6.92 Å². The number of benzene rings is 2. The second-order valence-corrected chi connectivity index (χ2v) is 7.70. The lowest BCUT2D eigenvalue weighted by Gasteiger charge is -2.06. The van der Waals surface area contributed by atoms with Crippen LogP contribution in [0.5, 0.6) is 0 Å². The zero-order valence-corrected chi connectivity index (χ0v) is 17.5. The molecule has 1 aromatic heterocycles. The molecule has 0 atom stereocenters. The first kappa shape index (κ1) is 21.1. The van der Waals surface area contributed by atoms with Crippen molar-refractivity contribution >= 4 is 34.0 Å². The number of hydrogen-bond acceptors (Lipinski definition) is 6. The molecular weight excluding hydrogens is 404 g/mol. The third kappa shape index (κ3) is 4.87. The van der Waals surface area contributed by atoms with Crippen LogP contribution in [0.1, 0.15) is 27.0 Å². The van der Waals surface area contributed by atoms with E-state index in [1.807, 2.05) is 31.4 Å². The predicted molar refractivity (Wildman–Crippen MR) is 116 cm³/mol. The average molecular weight is 424 g/mol. The maximum Gasteiger partial charge on any atom is 0.272 e. The summed E-state index contributed by atoms with van der Waals surface area (Å²) < 4.78 is 0. The fraction of sp³-hybridized carbons (Fsp3) is 0.190. The van der Waals surface area contributed by atoms with Crippen molar-refractivity contribution in [2.24, 2.45) is 0 Å². The summed E-state index contributed by atoms with van der Waals surface area (Å²) in [4.78, 5) is 39.2. The third-order valence-corrected chi connectivity index (χ3v) is 5.23. The minimum atomic E-state index is -0.509. The number of nitrogens with one attached hydrogen (secondary N) is 2. The topological polar surface area (TPSA) is 114 Å². The molecule has 1 heterocycles. The van der Waals surface area contributed by atoms with Gasteiger partial charge in [0.05, 0.1) is 17.2 Å². The molecule has 0 fully saturated rings. The Balaban J connectivity index is 1.59. The van der Waals surface area contributed by atoms with Crippen LogP contribution in [0.15, 0.2) is 41.8 Å². The lowest BCUT2D eigenvalue weighted by atomic mass is 10.0. The summed E-state index contributed by atoms with van der Waals surface area (Å²) >= 11 is 1.30. The molecule has 0 saturated carbocycles. The van der Waals surface area contributed by atoms with Gasteiger partial charge in [0.2, 0.25) is 5.91 Å². The summed E-state index contributed by atoms with van der Waals surface area (Å²) in [5.41, 5.74) is 4.60. The van der Waals surface area contributed by atoms with Crippen LogP contribution in [0.25, 0.3) is 11.3 Å². The Kier molecular flexibility index (Phi) is 6.22. The summed E-state index contributed by atoms with van der Waals surface area (Å²) in [6.07, 6.45) is 0. The highest BCUT2D eigenvalue weighted by Gasteiger charge is 2.15. The fourth-order valence-electron chi connectivity index (χ4n) is 2.98. The van der Waals surface area contributed by atoms with Crippen molar-refractivity contribution < 1.29 is 14.5 Å². The average Bonchev–Trinajstić information content (AvgIpc) is 3.13. The van der Waals surface area contributed by atoms with E-state index in [9.17, 15) is 19.7 Å². The molecule has 30 heavy (non-hydrogen) atoms. The molecule has 9 heteroatoms. The van der Waals surface area contributed by atoms with Crippen LogP contribution in [0.3, 0.4) is 0 Å². The number of rotatable bonds is 6. The van der Waals surface area contributed by atoms with Gasteiger partial charge in [-0.25, -0.2) is 4.98 Å². The molecule has 0 radical (unpaired) electrons. The minimum absolute atomic E-state index is 0.0623. The number of nitro groups is 1. The van der Waals surface area contributed by atoms with Crippen molar-refractivity contribution in [2.75, 3.05) is 11.9 Å². The molecule has 2 amide bonds. The molecule has 8 nitrogen and oxygen atoms in total. The Labute approximate surface area is 177 Å². The van der Waals surface area contributed by atoms with Crippen LogP contribution in [-0.4, -0.2) is 28.3 Å². The number of nitro benzene ring substituents is 1. The van der Waals surface area contributed by atoms with E-state index in [2.05, 4.69) is 21.7 Å². The summed E-state index contributed by atoms with van der Waals surface area (Å²) in [6.45, 7) is 5.34. The second-order valence-electron chi connectivity index (χ2n) is 6.85. The van der Waals surface area contributed by atoms with Gasteiger partial charge in [-0.2, -0.15) is 0 Å². The van der Waals surface area contributed by atoms with Crippen LogP contribution in [0, 0.1) is 30.9 Å². The first-order valence-electron chi connectivity index (χ1n) is 9.11. The number of nitrogens with zero attached hydrogens (tertiary/aromatic N) is 2. The number of hydrogen-bond donors (Lipinski definition) is 2. The van der Waals surface area contributed by atoms with Crippen molar-refractivity contribution in [3.05, 3.63) is 74.1 Å². The monoisotopic (exact) mass is 424 g/mol. The lowest BCUT2D eigenvalue weighted by molar-refractivity contribution is -0.385. The Bertz CT molecular complexity index is 1140. The van der Waals surface area contributed by atoms with Gasteiger partial charge >= 0.3 is 0 Å². The van der Waals surface area contributed by atoms with Gasteiger partial charge in [-0.1, -0.05) is 23.8 Å². The molecule has 3 rings (SSSR count). The van der Waals surface area contributed by atoms with E-state index in [4.69, 9.17) is 0 Å². The van der Waals surface area contributed by atoms with E-state index in [-0.39, 0.29) is 17.8 Å². The number of aryl methyl sites for hydroxylation is 3. The molecule has 2 aromatic carbocycles. The van der Waals surface area contributed by atoms with Gasteiger partial charge in [0.1, 0.15) is 0 Å². The summed E-state index contributed by atoms with van der Waals surface area (Å²) in [5.74, 6) is -0.901. The van der Waals surface area contributed by atoms with Gasteiger partial charge in [0.25, 0.3) is 11.6 Å². The number of carbonyl (C=O) groups excluding carboxylic acids is 2. The Hall–Kier alpha value is -3.59. The smallest absolute Gasteiger partial charge is 0.272 e. The number of amides is 2. The molecule has 154 valence electrons. The molecule has 0 aliphatic carbocycles. The van der Waals surface area contributed by atoms with E-state index >= 15 is 0 Å². The van der Waals surface area contributed by atoms with Crippen molar-refractivity contribution in [1.29, 1.82) is 0 Å². The molecule has 2 N–H and O–H groups in total. The zero-order valence-electron chi connectivity index (χ0n) is 16.7. The number of anilines is 1. The van der Waals surface area contributed by atoms with Crippen LogP contribution in [-0.2, 0) is 4.79 Å². The minimum Gasteiger partial charge on any atom is -0.343 e. The van der Waals surface area contributed by atoms with E-state index in [0.717, 1.165) is 16.8 Å². The quantitative estimate of drug-likeness (QED) is 0.458. The van der Waals surface area contributed by atoms with Gasteiger partial charge < -0.3 is 10.6 Å². The first-order chi connectivity index (χ1) is 14.2. The molecule has 0 bridgehead atoms. The Morgan fingerprint density at radius 1 is 1.10 bits per heavy atom. The van der Waals surface area contributed by atoms with Crippen LogP contribution in [0.4, 0.5) is 10.8 Å². The molecule has 0 spiro atoms. The van der Waals surface area contributed by atoms with Crippen LogP contribution >= 0.6 is 11.3 Å². The van der Waals surface area contributed by atoms with Crippen molar-refractivity contribution in [3.8, 4) is 11.3 Å². The molecule has 0 unspecified atom stereocenters. The molecule has 0 aliphatic rings. The normalized spacial score (nSPS) is 10.5. The van der Waals surface area contributed by atoms with E-state index in [1.165, 1.54) is 35.1 Å². The molecular formula is C21H20N4O4S. The number of aromatic nitrogens is 1. The lowest BCUT2D eigenvalue weighted by Crippen LogP contribution is -2.32. The zero-order chi connectivity index (χ0) is 21.8. The van der Waals surface area contributed by atoms with Crippen molar-refractivity contribution in [2.45, 2.75) is 20.8 Å². The van der Waals surface area contributed by atoms with Gasteiger partial charge in [-0.05, 0) is 38.5 Å². The summed E-state index contributed by atoms with van der Waals surface area (Å²) in [5, 5.41) is 18.3. The summed E-state index contributed by atoms with van der Waals surface area (Å²) in [7, 11) is 0. The van der Waals surface area contributed by atoms with Crippen molar-refractivity contribution in [3.63, 3.8) is 0 Å². The van der Waals surface area contributed by atoms with Crippen LogP contribution < -0.4 is 10.6 Å². The third-order valence-electron chi connectivity index (χ3n) is 4.47. The highest BCUT2D eigenvalue weighted by molar-refractivity contribution is 7.14. The fourth-order valence-corrected chi connectivity index (χ4v) is 3.71. The largest absolute Gasteiger partial charge is 0.343 e. The molecule has 0 aliphatic heterocycles. The highest BCUT2D eigenvalue weighted by atomic mass is 32.1. The van der Waals surface area contributed by atoms with E-state index in [0.29, 0.717) is 10.7 Å². The van der Waals surface area contributed by atoms with Gasteiger partial charge in [-0.15, -0.1) is 11.3 Å².